The van der Waals surface area contributed by atoms with Crippen LogP contribution in [-0.2, 0) is 0 Å². The molecule has 0 aliphatic heterocycles. The summed E-state index contributed by atoms with van der Waals surface area (Å²) in [5, 5.41) is 2.78. The highest BCUT2D eigenvalue weighted by Crippen LogP contribution is 2.36. The van der Waals surface area contributed by atoms with E-state index in [1.165, 1.54) is 7.11 Å². The number of ether oxygens (including phenoxy) is 1. The zero-order chi connectivity index (χ0) is 18.0. The summed E-state index contributed by atoms with van der Waals surface area (Å²) in [4.78, 5) is 12.5. The van der Waals surface area contributed by atoms with Crippen LogP contribution in [0.2, 0.25) is 0 Å². The van der Waals surface area contributed by atoms with Crippen molar-refractivity contribution in [2.24, 2.45) is 0 Å². The first-order valence-electron chi connectivity index (χ1n) is 7.28. The molecule has 0 fully saturated rings. The number of hydrogen-bond donors (Lipinski definition) is 2. The minimum atomic E-state index is -0.387. The molecule has 0 aliphatic rings. The fourth-order valence-electron chi connectivity index (χ4n) is 2.32. The van der Waals surface area contributed by atoms with Crippen molar-refractivity contribution >= 4 is 49.1 Å². The highest BCUT2D eigenvalue weighted by atomic mass is 79.9. The summed E-state index contributed by atoms with van der Waals surface area (Å²) < 4.78 is 12.5. The van der Waals surface area contributed by atoms with Crippen LogP contribution < -0.4 is 15.8 Å². The molecular weight excluding hydrogens is 452 g/mol. The second-order valence-electron chi connectivity index (χ2n) is 5.18. The van der Waals surface area contributed by atoms with Crippen molar-refractivity contribution in [2.75, 3.05) is 18.2 Å². The number of nitrogens with two attached hydrogens (primary N) is 1. The Morgan fingerprint density at radius 2 is 1.88 bits per heavy atom. The van der Waals surface area contributed by atoms with E-state index in [9.17, 15) is 4.79 Å². The van der Waals surface area contributed by atoms with Gasteiger partial charge in [-0.2, -0.15) is 0 Å². The first-order chi connectivity index (χ1) is 12.0. The predicted molar refractivity (Wildman–Crippen MR) is 105 cm³/mol. The number of halogens is 2. The van der Waals surface area contributed by atoms with Crippen LogP contribution in [0.3, 0.4) is 0 Å². The van der Waals surface area contributed by atoms with Crippen molar-refractivity contribution < 1.29 is 13.9 Å². The normalized spacial score (nSPS) is 10.5. The topological polar surface area (TPSA) is 77.5 Å². The van der Waals surface area contributed by atoms with E-state index >= 15 is 0 Å². The van der Waals surface area contributed by atoms with Crippen LogP contribution in [0.15, 0.2) is 61.9 Å². The van der Waals surface area contributed by atoms with E-state index < -0.39 is 0 Å². The van der Waals surface area contributed by atoms with Gasteiger partial charge in [-0.3, -0.25) is 4.79 Å². The molecule has 1 amide bonds. The van der Waals surface area contributed by atoms with Crippen molar-refractivity contribution in [2.45, 2.75) is 0 Å². The molecule has 0 aliphatic carbocycles. The van der Waals surface area contributed by atoms with Gasteiger partial charge in [0.05, 0.1) is 12.8 Å². The van der Waals surface area contributed by atoms with Gasteiger partial charge < -0.3 is 20.2 Å². The molecule has 2 aromatic carbocycles. The first kappa shape index (κ1) is 17.6. The first-order valence-corrected chi connectivity index (χ1v) is 8.87. The van der Waals surface area contributed by atoms with Crippen molar-refractivity contribution in [1.82, 2.24) is 0 Å². The smallest absolute Gasteiger partial charge is 0.291 e. The third-order valence-electron chi connectivity index (χ3n) is 3.50. The van der Waals surface area contributed by atoms with E-state index in [4.69, 9.17) is 14.9 Å². The monoisotopic (exact) mass is 464 g/mol. The Hall–Kier alpha value is -2.25. The lowest BCUT2D eigenvalue weighted by Crippen LogP contribution is -2.12. The summed E-state index contributed by atoms with van der Waals surface area (Å²) in [7, 11) is 1.51. The fourth-order valence-corrected chi connectivity index (χ4v) is 3.36. The summed E-state index contributed by atoms with van der Waals surface area (Å²) in [6.07, 6.45) is 0. The Balaban J connectivity index is 1.88. The number of furan rings is 1. The summed E-state index contributed by atoms with van der Waals surface area (Å²) in [5.74, 6) is 0.859. The molecule has 3 N–H and O–H groups in total. The number of carbonyl (C=O) groups is 1. The number of benzene rings is 2. The lowest BCUT2D eigenvalue weighted by Gasteiger charge is -2.12. The van der Waals surface area contributed by atoms with Gasteiger partial charge in [0.1, 0.15) is 11.5 Å². The van der Waals surface area contributed by atoms with Crippen LogP contribution in [0.5, 0.6) is 5.75 Å². The maximum atomic E-state index is 12.5. The Morgan fingerprint density at radius 1 is 1.12 bits per heavy atom. The van der Waals surface area contributed by atoms with Crippen molar-refractivity contribution in [1.29, 1.82) is 0 Å². The Bertz CT molecular complexity index is 938. The van der Waals surface area contributed by atoms with Gasteiger partial charge in [-0.05, 0) is 40.2 Å². The van der Waals surface area contributed by atoms with E-state index in [2.05, 4.69) is 37.2 Å². The standard InChI is InChI=1S/C18H14Br2N2O3/c1-24-16-9-10(21)8-13(20)17(16)22-18(23)15-7-6-14(25-15)11-4-2-3-5-12(11)19/h2-9H,21H2,1H3,(H,22,23). The number of nitrogens with one attached hydrogen (secondary N) is 1. The molecule has 3 rings (SSSR count). The fraction of sp³-hybridized carbons (Fsp3) is 0.0556. The molecule has 3 aromatic rings. The van der Waals surface area contributed by atoms with Gasteiger partial charge in [-0.1, -0.05) is 34.1 Å². The zero-order valence-corrected chi connectivity index (χ0v) is 16.3. The molecule has 25 heavy (non-hydrogen) atoms. The average molecular weight is 466 g/mol. The van der Waals surface area contributed by atoms with Gasteiger partial charge in [-0.25, -0.2) is 0 Å². The van der Waals surface area contributed by atoms with E-state index in [-0.39, 0.29) is 11.7 Å². The lowest BCUT2D eigenvalue weighted by molar-refractivity contribution is 0.0997. The summed E-state index contributed by atoms with van der Waals surface area (Å²) in [6, 6.07) is 14.3. The number of methoxy groups -OCH3 is 1. The highest BCUT2D eigenvalue weighted by Gasteiger charge is 2.17. The van der Waals surface area contributed by atoms with Crippen molar-refractivity contribution in [3.05, 3.63) is 63.2 Å². The van der Waals surface area contributed by atoms with Gasteiger partial charge in [0.15, 0.2) is 5.76 Å². The summed E-state index contributed by atoms with van der Waals surface area (Å²) in [5.41, 5.74) is 7.66. The molecule has 0 spiro atoms. The van der Waals surface area contributed by atoms with E-state index in [0.717, 1.165) is 10.0 Å². The second kappa shape index (κ2) is 7.33. The highest BCUT2D eigenvalue weighted by molar-refractivity contribution is 9.11. The number of nitrogen functional groups attached to an aromatic ring is 1. The van der Waals surface area contributed by atoms with Crippen LogP contribution >= 0.6 is 31.9 Å². The number of carbonyl (C=O) groups excluding carboxylic acids is 1. The second-order valence-corrected chi connectivity index (χ2v) is 6.89. The molecule has 0 saturated heterocycles. The predicted octanol–water partition coefficient (Wildman–Crippen LogP) is 5.31. The zero-order valence-electron chi connectivity index (χ0n) is 13.2. The third-order valence-corrected chi connectivity index (χ3v) is 4.82. The molecule has 7 heteroatoms. The Morgan fingerprint density at radius 3 is 2.60 bits per heavy atom. The van der Waals surface area contributed by atoms with Crippen molar-refractivity contribution in [3.8, 4) is 17.1 Å². The maximum absolute atomic E-state index is 12.5. The van der Waals surface area contributed by atoms with E-state index in [1.54, 1.807) is 24.3 Å². The van der Waals surface area contributed by atoms with Crippen molar-refractivity contribution in [3.63, 3.8) is 0 Å². The van der Waals surface area contributed by atoms with Gasteiger partial charge in [0.2, 0.25) is 0 Å². The Labute approximate surface area is 161 Å². The summed E-state index contributed by atoms with van der Waals surface area (Å²) in [6.45, 7) is 0. The molecule has 1 heterocycles. The van der Waals surface area contributed by atoms with Crippen LogP contribution in [0, 0.1) is 0 Å². The van der Waals surface area contributed by atoms with Gasteiger partial charge in [-0.15, -0.1) is 0 Å². The minimum Gasteiger partial charge on any atom is -0.494 e. The number of amides is 1. The maximum Gasteiger partial charge on any atom is 0.291 e. The lowest BCUT2D eigenvalue weighted by atomic mass is 10.2. The summed E-state index contributed by atoms with van der Waals surface area (Å²) >= 11 is 6.85. The molecule has 128 valence electrons. The molecule has 0 saturated carbocycles. The Kier molecular flexibility index (Phi) is 5.15. The average Bonchev–Trinajstić information content (AvgIpc) is 3.07. The van der Waals surface area contributed by atoms with Gasteiger partial charge in [0.25, 0.3) is 5.91 Å². The van der Waals surface area contributed by atoms with Crippen LogP contribution in [0.1, 0.15) is 10.6 Å². The molecule has 0 unspecified atom stereocenters. The van der Waals surface area contributed by atoms with Crippen LogP contribution in [0.4, 0.5) is 11.4 Å². The van der Waals surface area contributed by atoms with E-state index in [1.807, 2.05) is 24.3 Å². The molecule has 0 atom stereocenters. The third kappa shape index (κ3) is 3.72. The largest absolute Gasteiger partial charge is 0.494 e. The number of anilines is 2. The number of hydrogen-bond acceptors (Lipinski definition) is 4. The molecule has 0 bridgehead atoms. The van der Waals surface area contributed by atoms with Gasteiger partial charge >= 0.3 is 0 Å². The quantitative estimate of drug-likeness (QED) is 0.511. The molecule has 0 radical (unpaired) electrons. The number of rotatable bonds is 4. The molecule has 1 aromatic heterocycles. The SMILES string of the molecule is COc1cc(N)cc(Br)c1NC(=O)c1ccc(-c2ccccc2Br)o1. The minimum absolute atomic E-state index is 0.191. The van der Waals surface area contributed by atoms with Crippen LogP contribution in [-0.4, -0.2) is 13.0 Å². The van der Waals surface area contributed by atoms with E-state index in [0.29, 0.717) is 27.4 Å². The molecule has 5 nitrogen and oxygen atoms in total. The van der Waals surface area contributed by atoms with Gasteiger partial charge in [0, 0.05) is 26.3 Å². The molecular formula is C18H14Br2N2O3. The van der Waals surface area contributed by atoms with Crippen LogP contribution in [0.25, 0.3) is 11.3 Å².